The fraction of sp³-hybridized carbons (Fsp3) is 0.667. The van der Waals surface area contributed by atoms with Crippen molar-refractivity contribution >= 4 is 5.97 Å². The zero-order valence-corrected chi connectivity index (χ0v) is 7.83. The average Bonchev–Trinajstić information content (AvgIpc) is 2.05. The second-order valence-electron chi connectivity index (χ2n) is 2.57. The van der Waals surface area contributed by atoms with Crippen LogP contribution in [-0.4, -0.2) is 16.9 Å². The Labute approximate surface area is 73.0 Å². The molecule has 0 amide bonds. The van der Waals surface area contributed by atoms with E-state index in [1.165, 1.54) is 6.08 Å². The van der Waals surface area contributed by atoms with E-state index in [-0.39, 0.29) is 0 Å². The maximum atomic E-state index is 10.9. The molecule has 0 rings (SSSR count). The SMILES string of the molecule is CC=CC(=O)OC(O)(CC)CC. The van der Waals surface area contributed by atoms with Gasteiger partial charge in [0.2, 0.25) is 5.79 Å². The van der Waals surface area contributed by atoms with Crippen molar-refractivity contribution in [3.05, 3.63) is 12.2 Å². The maximum absolute atomic E-state index is 10.9. The summed E-state index contributed by atoms with van der Waals surface area (Å²) in [4.78, 5) is 10.9. The van der Waals surface area contributed by atoms with Crippen molar-refractivity contribution in [2.45, 2.75) is 39.4 Å². The normalized spacial score (nSPS) is 12.0. The summed E-state index contributed by atoms with van der Waals surface area (Å²) in [5, 5.41) is 9.55. The highest BCUT2D eigenvalue weighted by Gasteiger charge is 2.25. The second-order valence-corrected chi connectivity index (χ2v) is 2.57. The van der Waals surface area contributed by atoms with Gasteiger partial charge in [0.05, 0.1) is 0 Å². The number of carbonyl (C=O) groups is 1. The minimum absolute atomic E-state index is 0.410. The van der Waals surface area contributed by atoms with Crippen LogP contribution in [0.2, 0.25) is 0 Å². The molecule has 0 radical (unpaired) electrons. The van der Waals surface area contributed by atoms with E-state index in [1.54, 1.807) is 26.8 Å². The molecule has 0 atom stereocenters. The zero-order chi connectivity index (χ0) is 9.61. The van der Waals surface area contributed by atoms with Gasteiger partial charge in [-0.2, -0.15) is 0 Å². The first-order valence-electron chi connectivity index (χ1n) is 4.16. The van der Waals surface area contributed by atoms with Crippen molar-refractivity contribution < 1.29 is 14.6 Å². The molecule has 0 aliphatic rings. The lowest BCUT2D eigenvalue weighted by Crippen LogP contribution is -2.32. The number of carbonyl (C=O) groups excluding carboxylic acids is 1. The zero-order valence-electron chi connectivity index (χ0n) is 7.83. The molecule has 0 fully saturated rings. The predicted octanol–water partition coefficient (Wildman–Crippen LogP) is 1.61. The molecule has 0 aromatic heterocycles. The molecule has 1 N–H and O–H groups in total. The smallest absolute Gasteiger partial charge is 0.332 e. The van der Waals surface area contributed by atoms with Crippen molar-refractivity contribution in [2.24, 2.45) is 0 Å². The third-order valence-corrected chi connectivity index (χ3v) is 1.70. The standard InChI is InChI=1S/C9H16O3/c1-4-7-8(10)12-9(11,5-2)6-3/h4,7,11H,5-6H2,1-3H3. The van der Waals surface area contributed by atoms with Crippen LogP contribution in [0.4, 0.5) is 0 Å². The molecule has 0 aromatic rings. The molecule has 0 saturated heterocycles. The molecule has 70 valence electrons. The van der Waals surface area contributed by atoms with Crippen LogP contribution in [-0.2, 0) is 9.53 Å². The van der Waals surface area contributed by atoms with E-state index in [2.05, 4.69) is 0 Å². The van der Waals surface area contributed by atoms with E-state index in [9.17, 15) is 9.90 Å². The summed E-state index contributed by atoms with van der Waals surface area (Å²) < 4.78 is 4.81. The Morgan fingerprint density at radius 1 is 1.50 bits per heavy atom. The number of hydrogen-bond acceptors (Lipinski definition) is 3. The van der Waals surface area contributed by atoms with Crippen LogP contribution in [0, 0.1) is 0 Å². The van der Waals surface area contributed by atoms with Crippen LogP contribution in [0.3, 0.4) is 0 Å². The summed E-state index contributed by atoms with van der Waals surface area (Å²) in [6.45, 7) is 5.26. The van der Waals surface area contributed by atoms with Crippen LogP contribution in [0.15, 0.2) is 12.2 Å². The van der Waals surface area contributed by atoms with E-state index in [1.807, 2.05) is 0 Å². The lowest BCUT2D eigenvalue weighted by molar-refractivity contribution is -0.206. The highest BCUT2D eigenvalue weighted by molar-refractivity contribution is 5.82. The summed E-state index contributed by atoms with van der Waals surface area (Å²) in [5.74, 6) is -1.79. The van der Waals surface area contributed by atoms with Crippen LogP contribution in [0.25, 0.3) is 0 Å². The van der Waals surface area contributed by atoms with Crippen molar-refractivity contribution in [3.8, 4) is 0 Å². The summed E-state index contributed by atoms with van der Waals surface area (Å²) in [6.07, 6.45) is 3.68. The number of esters is 1. The van der Waals surface area contributed by atoms with Crippen molar-refractivity contribution in [3.63, 3.8) is 0 Å². The van der Waals surface area contributed by atoms with E-state index >= 15 is 0 Å². The van der Waals surface area contributed by atoms with Gasteiger partial charge >= 0.3 is 5.97 Å². The summed E-state index contributed by atoms with van der Waals surface area (Å²) >= 11 is 0. The molecule has 0 spiro atoms. The van der Waals surface area contributed by atoms with E-state index in [4.69, 9.17) is 4.74 Å². The summed E-state index contributed by atoms with van der Waals surface area (Å²) in [7, 11) is 0. The lowest BCUT2D eigenvalue weighted by atomic mass is 10.1. The van der Waals surface area contributed by atoms with Crippen LogP contribution < -0.4 is 0 Å². The van der Waals surface area contributed by atoms with Gasteiger partial charge in [0.15, 0.2) is 0 Å². The van der Waals surface area contributed by atoms with Crippen molar-refractivity contribution in [1.29, 1.82) is 0 Å². The van der Waals surface area contributed by atoms with Crippen LogP contribution in [0.1, 0.15) is 33.6 Å². The van der Waals surface area contributed by atoms with Gasteiger partial charge < -0.3 is 9.84 Å². The van der Waals surface area contributed by atoms with Gasteiger partial charge in [-0.25, -0.2) is 4.79 Å². The van der Waals surface area contributed by atoms with Crippen LogP contribution >= 0.6 is 0 Å². The van der Waals surface area contributed by atoms with Crippen molar-refractivity contribution in [1.82, 2.24) is 0 Å². The molecule has 0 heterocycles. The predicted molar refractivity (Wildman–Crippen MR) is 46.4 cm³/mol. The average molecular weight is 172 g/mol. The Hall–Kier alpha value is -0.830. The topological polar surface area (TPSA) is 46.5 Å². The number of hydrogen-bond donors (Lipinski definition) is 1. The van der Waals surface area contributed by atoms with Gasteiger partial charge in [0.25, 0.3) is 0 Å². The first-order chi connectivity index (χ1) is 5.58. The highest BCUT2D eigenvalue weighted by Crippen LogP contribution is 2.16. The fourth-order valence-corrected chi connectivity index (χ4v) is 0.752. The van der Waals surface area contributed by atoms with Gasteiger partial charge in [0, 0.05) is 18.9 Å². The Kier molecular flexibility index (Phi) is 4.59. The minimum Gasteiger partial charge on any atom is -0.430 e. The van der Waals surface area contributed by atoms with Gasteiger partial charge in [-0.1, -0.05) is 19.9 Å². The van der Waals surface area contributed by atoms with E-state index in [0.717, 1.165) is 0 Å². The summed E-state index contributed by atoms with van der Waals surface area (Å²) in [5.41, 5.74) is 0. The van der Waals surface area contributed by atoms with Gasteiger partial charge in [-0.3, -0.25) is 0 Å². The fourth-order valence-electron chi connectivity index (χ4n) is 0.752. The lowest BCUT2D eigenvalue weighted by Gasteiger charge is -2.24. The summed E-state index contributed by atoms with van der Waals surface area (Å²) in [6, 6.07) is 0. The quantitative estimate of drug-likeness (QED) is 0.398. The molecule has 0 unspecified atom stereocenters. The van der Waals surface area contributed by atoms with Crippen molar-refractivity contribution in [2.75, 3.05) is 0 Å². The third-order valence-electron chi connectivity index (χ3n) is 1.70. The van der Waals surface area contributed by atoms with Crippen LogP contribution in [0.5, 0.6) is 0 Å². The molecule has 0 aromatic carbocycles. The number of allylic oxidation sites excluding steroid dienone is 1. The Morgan fingerprint density at radius 2 is 2.00 bits per heavy atom. The van der Waals surface area contributed by atoms with Gasteiger partial charge in [-0.05, 0) is 6.92 Å². The largest absolute Gasteiger partial charge is 0.430 e. The monoisotopic (exact) mass is 172 g/mol. The molecular weight excluding hydrogens is 156 g/mol. The Morgan fingerprint density at radius 3 is 2.33 bits per heavy atom. The minimum atomic E-state index is -1.30. The number of ether oxygens (including phenoxy) is 1. The number of rotatable bonds is 4. The molecule has 0 aliphatic heterocycles. The highest BCUT2D eigenvalue weighted by atomic mass is 16.7. The molecule has 3 nitrogen and oxygen atoms in total. The second kappa shape index (κ2) is 4.93. The maximum Gasteiger partial charge on any atom is 0.332 e. The molecule has 3 heteroatoms. The van der Waals surface area contributed by atoms with Gasteiger partial charge in [-0.15, -0.1) is 0 Å². The van der Waals surface area contributed by atoms with E-state index in [0.29, 0.717) is 12.8 Å². The number of aliphatic hydroxyl groups is 1. The Balaban J connectivity index is 4.11. The third kappa shape index (κ3) is 3.53. The molecular formula is C9H16O3. The molecule has 0 aliphatic carbocycles. The molecule has 0 saturated carbocycles. The van der Waals surface area contributed by atoms with Gasteiger partial charge in [0.1, 0.15) is 0 Å². The molecule has 12 heavy (non-hydrogen) atoms. The first kappa shape index (κ1) is 11.2. The molecule has 0 bridgehead atoms. The van der Waals surface area contributed by atoms with E-state index < -0.39 is 11.8 Å². The first-order valence-corrected chi connectivity index (χ1v) is 4.16. The Bertz CT molecular complexity index is 169.